The van der Waals surface area contributed by atoms with Crippen molar-refractivity contribution in [2.24, 2.45) is 11.8 Å². The minimum atomic E-state index is -0.472. The highest BCUT2D eigenvalue weighted by atomic mass is 19.1. The van der Waals surface area contributed by atoms with Gasteiger partial charge in [-0.1, -0.05) is 38.5 Å². The zero-order valence-electron chi connectivity index (χ0n) is 7.77. The molecule has 3 fully saturated rings. The van der Waals surface area contributed by atoms with Crippen molar-refractivity contribution in [3.05, 3.63) is 0 Å². The Labute approximate surface area is 74.5 Å². The van der Waals surface area contributed by atoms with Gasteiger partial charge in [0.1, 0.15) is 6.17 Å². The van der Waals surface area contributed by atoms with Crippen LogP contribution >= 0.6 is 0 Å². The molecular weight excluding hydrogens is 151 g/mol. The van der Waals surface area contributed by atoms with Crippen LogP contribution in [-0.2, 0) is 0 Å². The van der Waals surface area contributed by atoms with Gasteiger partial charge >= 0.3 is 0 Å². The van der Waals surface area contributed by atoms with Crippen molar-refractivity contribution in [2.45, 2.75) is 57.5 Å². The Kier molecular flexibility index (Phi) is 2.67. The Balaban J connectivity index is 2.01. The molecule has 0 heterocycles. The summed E-state index contributed by atoms with van der Waals surface area (Å²) in [6.45, 7) is 0. The molecule has 0 aromatic carbocycles. The lowest BCUT2D eigenvalue weighted by Gasteiger charge is -2.30. The van der Waals surface area contributed by atoms with Gasteiger partial charge in [-0.2, -0.15) is 0 Å². The smallest absolute Gasteiger partial charge is 0.101 e. The summed E-state index contributed by atoms with van der Waals surface area (Å²) in [7, 11) is 0. The molecule has 12 heavy (non-hydrogen) atoms. The highest BCUT2D eigenvalue weighted by Crippen LogP contribution is 2.36. The molecule has 0 N–H and O–H groups in total. The Morgan fingerprint density at radius 1 is 0.750 bits per heavy atom. The van der Waals surface area contributed by atoms with Crippen LogP contribution in [0.25, 0.3) is 0 Å². The van der Waals surface area contributed by atoms with Gasteiger partial charge in [0.25, 0.3) is 0 Å². The lowest BCUT2D eigenvalue weighted by molar-refractivity contribution is 0.152. The molecular formula is C11H19F. The van der Waals surface area contributed by atoms with E-state index in [-0.39, 0.29) is 0 Å². The molecule has 0 aromatic rings. The van der Waals surface area contributed by atoms with Crippen LogP contribution in [0, 0.1) is 11.8 Å². The second-order valence-corrected chi connectivity index (χ2v) is 4.66. The topological polar surface area (TPSA) is 0 Å². The summed E-state index contributed by atoms with van der Waals surface area (Å²) < 4.78 is 13.3. The van der Waals surface area contributed by atoms with E-state index in [4.69, 9.17) is 0 Å². The molecule has 0 aromatic heterocycles. The summed E-state index contributed by atoms with van der Waals surface area (Å²) in [5.41, 5.74) is 0. The summed E-state index contributed by atoms with van der Waals surface area (Å²) in [4.78, 5) is 0. The normalized spacial score (nSPS) is 43.2. The van der Waals surface area contributed by atoms with Gasteiger partial charge in [-0.3, -0.25) is 0 Å². The molecule has 0 atom stereocenters. The van der Waals surface area contributed by atoms with Crippen LogP contribution in [-0.4, -0.2) is 6.17 Å². The quantitative estimate of drug-likeness (QED) is 0.520. The zero-order chi connectivity index (χ0) is 8.39. The van der Waals surface area contributed by atoms with Gasteiger partial charge in [-0.15, -0.1) is 0 Å². The number of halogens is 1. The van der Waals surface area contributed by atoms with E-state index in [1.807, 2.05) is 0 Å². The van der Waals surface area contributed by atoms with Crippen molar-refractivity contribution in [2.75, 3.05) is 0 Å². The number of rotatable bonds is 0. The van der Waals surface area contributed by atoms with Crippen LogP contribution in [0.3, 0.4) is 0 Å². The highest BCUT2D eigenvalue weighted by molar-refractivity contribution is 4.78. The lowest BCUT2D eigenvalue weighted by atomic mass is 9.77. The van der Waals surface area contributed by atoms with Gasteiger partial charge in [-0.05, 0) is 24.7 Å². The predicted octanol–water partition coefficient (Wildman–Crippen LogP) is 3.70. The SMILES string of the molecule is FC1CC2CCCC(CCC2)C1. The first kappa shape index (κ1) is 8.52. The Morgan fingerprint density at radius 3 is 1.58 bits per heavy atom. The Morgan fingerprint density at radius 2 is 1.17 bits per heavy atom. The number of hydrogen-bond donors (Lipinski definition) is 0. The summed E-state index contributed by atoms with van der Waals surface area (Å²) in [5, 5.41) is 0. The predicted molar refractivity (Wildman–Crippen MR) is 48.8 cm³/mol. The van der Waals surface area contributed by atoms with Crippen LogP contribution in [0.5, 0.6) is 0 Å². The maximum absolute atomic E-state index is 13.3. The van der Waals surface area contributed by atoms with E-state index in [0.29, 0.717) is 0 Å². The Hall–Kier alpha value is -0.0700. The largest absolute Gasteiger partial charge is 0.247 e. The molecule has 2 bridgehead atoms. The minimum Gasteiger partial charge on any atom is -0.247 e. The van der Waals surface area contributed by atoms with Gasteiger partial charge in [0.05, 0.1) is 0 Å². The number of fused-ring (bicyclic) bond motifs is 6. The monoisotopic (exact) mass is 170 g/mol. The standard InChI is InChI=1S/C11H19F/c12-11-7-9-3-1-4-10(8-11)6-2-5-9/h9-11H,1-8H2. The minimum absolute atomic E-state index is 0.472. The van der Waals surface area contributed by atoms with Crippen LogP contribution in [0.2, 0.25) is 0 Å². The summed E-state index contributed by atoms with van der Waals surface area (Å²) in [5.74, 6) is 1.45. The van der Waals surface area contributed by atoms with E-state index >= 15 is 0 Å². The Bertz CT molecular complexity index is 120. The third-order valence-corrected chi connectivity index (χ3v) is 3.63. The molecule has 1 heteroatoms. The molecule has 3 aliphatic carbocycles. The zero-order valence-corrected chi connectivity index (χ0v) is 7.77. The second kappa shape index (κ2) is 3.76. The van der Waals surface area contributed by atoms with E-state index in [0.717, 1.165) is 24.7 Å². The van der Waals surface area contributed by atoms with Crippen molar-refractivity contribution >= 4 is 0 Å². The third-order valence-electron chi connectivity index (χ3n) is 3.63. The lowest BCUT2D eigenvalue weighted by Crippen LogP contribution is -2.21. The van der Waals surface area contributed by atoms with Gasteiger partial charge in [0.2, 0.25) is 0 Å². The third kappa shape index (κ3) is 1.99. The maximum atomic E-state index is 13.3. The van der Waals surface area contributed by atoms with Gasteiger partial charge in [-0.25, -0.2) is 4.39 Å². The van der Waals surface area contributed by atoms with Crippen LogP contribution in [0.4, 0.5) is 4.39 Å². The van der Waals surface area contributed by atoms with Crippen molar-refractivity contribution in [3.63, 3.8) is 0 Å². The van der Waals surface area contributed by atoms with Gasteiger partial charge in [0, 0.05) is 0 Å². The molecule has 0 spiro atoms. The first-order valence-electron chi connectivity index (χ1n) is 5.48. The molecule has 3 aliphatic rings. The molecule has 0 radical (unpaired) electrons. The first-order valence-corrected chi connectivity index (χ1v) is 5.48. The fourth-order valence-corrected chi connectivity index (χ4v) is 2.97. The fraction of sp³-hybridized carbons (Fsp3) is 1.00. The molecule has 0 saturated heterocycles. The number of hydrogen-bond acceptors (Lipinski definition) is 0. The fourth-order valence-electron chi connectivity index (χ4n) is 2.97. The molecule has 0 aliphatic heterocycles. The van der Waals surface area contributed by atoms with Crippen LogP contribution < -0.4 is 0 Å². The first-order chi connectivity index (χ1) is 5.84. The average molecular weight is 170 g/mol. The van der Waals surface area contributed by atoms with E-state index in [1.165, 1.54) is 38.5 Å². The van der Waals surface area contributed by atoms with E-state index in [1.54, 1.807) is 0 Å². The summed E-state index contributed by atoms with van der Waals surface area (Å²) >= 11 is 0. The molecule has 0 nitrogen and oxygen atoms in total. The molecule has 3 rings (SSSR count). The highest BCUT2D eigenvalue weighted by Gasteiger charge is 2.26. The molecule has 0 amide bonds. The van der Waals surface area contributed by atoms with Crippen LogP contribution in [0.1, 0.15) is 51.4 Å². The molecule has 0 unspecified atom stereocenters. The van der Waals surface area contributed by atoms with Crippen molar-refractivity contribution in [1.82, 2.24) is 0 Å². The molecule has 70 valence electrons. The molecule has 3 saturated carbocycles. The van der Waals surface area contributed by atoms with Gasteiger partial charge < -0.3 is 0 Å². The van der Waals surface area contributed by atoms with E-state index in [9.17, 15) is 4.39 Å². The van der Waals surface area contributed by atoms with Crippen LogP contribution in [0.15, 0.2) is 0 Å². The summed E-state index contributed by atoms with van der Waals surface area (Å²) in [6.07, 6.45) is 9.21. The average Bonchev–Trinajstić information content (AvgIpc) is 1.91. The number of alkyl halides is 1. The van der Waals surface area contributed by atoms with Crippen molar-refractivity contribution in [1.29, 1.82) is 0 Å². The summed E-state index contributed by atoms with van der Waals surface area (Å²) in [6, 6.07) is 0. The van der Waals surface area contributed by atoms with E-state index < -0.39 is 6.17 Å². The van der Waals surface area contributed by atoms with Crippen molar-refractivity contribution in [3.8, 4) is 0 Å². The maximum Gasteiger partial charge on any atom is 0.101 e. The second-order valence-electron chi connectivity index (χ2n) is 4.66. The van der Waals surface area contributed by atoms with E-state index in [2.05, 4.69) is 0 Å². The van der Waals surface area contributed by atoms with Crippen molar-refractivity contribution < 1.29 is 4.39 Å². The van der Waals surface area contributed by atoms with Gasteiger partial charge in [0.15, 0.2) is 0 Å².